The smallest absolute Gasteiger partial charge is 0.142 e. The van der Waals surface area contributed by atoms with Gasteiger partial charge in [0, 0.05) is 22.7 Å². The molecule has 0 unspecified atom stereocenters. The number of halogens is 2. The molecule has 0 heterocycles. The van der Waals surface area contributed by atoms with Gasteiger partial charge in [0.25, 0.3) is 0 Å². The predicted octanol–water partition coefficient (Wildman–Crippen LogP) is 5.23. The molecule has 0 spiro atoms. The minimum atomic E-state index is 0.0130. The SMILES string of the molecule is C=C(CC)COc1c(Cl)cc(Cl)cc1CNC(C)(C)C. The van der Waals surface area contributed by atoms with E-state index in [1.165, 1.54) is 0 Å². The van der Waals surface area contributed by atoms with Crippen molar-refractivity contribution in [3.05, 3.63) is 39.9 Å². The largest absolute Gasteiger partial charge is 0.487 e. The van der Waals surface area contributed by atoms with Crippen molar-refractivity contribution < 1.29 is 4.74 Å². The molecule has 0 aromatic heterocycles. The third-order valence-corrected chi connectivity index (χ3v) is 3.31. The van der Waals surface area contributed by atoms with E-state index in [-0.39, 0.29) is 5.54 Å². The molecular weight excluding hydrogens is 293 g/mol. The third kappa shape index (κ3) is 5.74. The van der Waals surface area contributed by atoms with Gasteiger partial charge in [-0.1, -0.05) is 36.7 Å². The lowest BCUT2D eigenvalue weighted by Gasteiger charge is -2.22. The van der Waals surface area contributed by atoms with Crippen molar-refractivity contribution in [2.75, 3.05) is 6.61 Å². The van der Waals surface area contributed by atoms with Crippen LogP contribution >= 0.6 is 23.2 Å². The van der Waals surface area contributed by atoms with Crippen molar-refractivity contribution in [2.45, 2.75) is 46.2 Å². The summed E-state index contributed by atoms with van der Waals surface area (Å²) < 4.78 is 5.81. The van der Waals surface area contributed by atoms with Gasteiger partial charge in [0.05, 0.1) is 5.02 Å². The molecule has 2 nitrogen and oxygen atoms in total. The molecule has 112 valence electrons. The first-order valence-corrected chi connectivity index (χ1v) is 7.51. The van der Waals surface area contributed by atoms with E-state index < -0.39 is 0 Å². The molecule has 0 aliphatic heterocycles. The highest BCUT2D eigenvalue weighted by Gasteiger charge is 2.14. The van der Waals surface area contributed by atoms with E-state index in [4.69, 9.17) is 27.9 Å². The normalized spacial score (nSPS) is 11.5. The summed E-state index contributed by atoms with van der Waals surface area (Å²) >= 11 is 12.3. The van der Waals surface area contributed by atoms with Gasteiger partial charge in [-0.05, 0) is 44.9 Å². The number of hydrogen-bond acceptors (Lipinski definition) is 2. The molecule has 0 saturated heterocycles. The fourth-order valence-corrected chi connectivity index (χ4v) is 2.13. The molecule has 0 fully saturated rings. The molecule has 1 aromatic carbocycles. The molecule has 1 N–H and O–H groups in total. The first-order chi connectivity index (χ1) is 9.23. The third-order valence-electron chi connectivity index (χ3n) is 2.82. The van der Waals surface area contributed by atoms with Gasteiger partial charge in [-0.15, -0.1) is 0 Å². The van der Waals surface area contributed by atoms with Crippen LogP contribution in [0.25, 0.3) is 0 Å². The lowest BCUT2D eigenvalue weighted by atomic mass is 10.1. The maximum absolute atomic E-state index is 6.24. The van der Waals surface area contributed by atoms with Crippen LogP contribution in [-0.4, -0.2) is 12.1 Å². The van der Waals surface area contributed by atoms with Crippen LogP contribution in [0.15, 0.2) is 24.3 Å². The standard InChI is InChI=1S/C16H23Cl2NO/c1-6-11(2)10-20-15-12(9-19-16(3,4)5)7-13(17)8-14(15)18/h7-8,19H,2,6,9-10H2,1,3-5H3. The van der Waals surface area contributed by atoms with Gasteiger partial charge in [-0.25, -0.2) is 0 Å². The van der Waals surface area contributed by atoms with E-state index in [0.29, 0.717) is 28.9 Å². The van der Waals surface area contributed by atoms with E-state index in [1.54, 1.807) is 6.07 Å². The Kier molecular flexibility index (Phi) is 6.38. The second kappa shape index (κ2) is 7.35. The fraction of sp³-hybridized carbons (Fsp3) is 0.500. The molecule has 0 amide bonds. The van der Waals surface area contributed by atoms with Crippen molar-refractivity contribution in [3.8, 4) is 5.75 Å². The maximum Gasteiger partial charge on any atom is 0.142 e. The van der Waals surface area contributed by atoms with Crippen LogP contribution in [0.4, 0.5) is 0 Å². The minimum Gasteiger partial charge on any atom is -0.487 e. The summed E-state index contributed by atoms with van der Waals surface area (Å²) in [7, 11) is 0. The molecule has 0 aliphatic rings. The Morgan fingerprint density at radius 2 is 1.95 bits per heavy atom. The Morgan fingerprint density at radius 3 is 2.50 bits per heavy atom. The van der Waals surface area contributed by atoms with Crippen LogP contribution in [0.5, 0.6) is 5.75 Å². The van der Waals surface area contributed by atoms with Crippen LogP contribution in [0, 0.1) is 0 Å². The summed E-state index contributed by atoms with van der Waals surface area (Å²) in [5.74, 6) is 0.683. The Bertz CT molecular complexity index is 478. The average Bonchev–Trinajstić information content (AvgIpc) is 2.33. The van der Waals surface area contributed by atoms with E-state index >= 15 is 0 Å². The number of ether oxygens (including phenoxy) is 1. The summed E-state index contributed by atoms with van der Waals surface area (Å²) in [5.41, 5.74) is 2.01. The van der Waals surface area contributed by atoms with E-state index in [0.717, 1.165) is 17.6 Å². The lowest BCUT2D eigenvalue weighted by Crippen LogP contribution is -2.35. The molecule has 0 atom stereocenters. The van der Waals surface area contributed by atoms with Gasteiger partial charge < -0.3 is 10.1 Å². The van der Waals surface area contributed by atoms with Gasteiger partial charge in [0.2, 0.25) is 0 Å². The van der Waals surface area contributed by atoms with Crippen molar-refractivity contribution in [2.24, 2.45) is 0 Å². The van der Waals surface area contributed by atoms with Crippen molar-refractivity contribution in [3.63, 3.8) is 0 Å². The zero-order chi connectivity index (χ0) is 15.3. The maximum atomic E-state index is 6.24. The molecule has 0 radical (unpaired) electrons. The monoisotopic (exact) mass is 315 g/mol. The van der Waals surface area contributed by atoms with Crippen LogP contribution < -0.4 is 10.1 Å². The summed E-state index contributed by atoms with van der Waals surface area (Å²) in [6.45, 7) is 13.4. The molecule has 1 rings (SSSR count). The molecule has 20 heavy (non-hydrogen) atoms. The number of hydrogen-bond donors (Lipinski definition) is 1. The van der Waals surface area contributed by atoms with Crippen LogP contribution in [0.1, 0.15) is 39.7 Å². The predicted molar refractivity (Wildman–Crippen MR) is 88.0 cm³/mol. The Hall–Kier alpha value is -0.700. The Morgan fingerprint density at radius 1 is 1.30 bits per heavy atom. The average molecular weight is 316 g/mol. The number of rotatable bonds is 6. The van der Waals surface area contributed by atoms with Crippen molar-refractivity contribution in [1.29, 1.82) is 0 Å². The highest BCUT2D eigenvalue weighted by Crippen LogP contribution is 2.33. The molecule has 1 aromatic rings. The van der Waals surface area contributed by atoms with Crippen LogP contribution in [0.3, 0.4) is 0 Å². The highest BCUT2D eigenvalue weighted by atomic mass is 35.5. The fourth-order valence-electron chi connectivity index (χ4n) is 1.54. The van der Waals surface area contributed by atoms with E-state index in [9.17, 15) is 0 Å². The highest BCUT2D eigenvalue weighted by molar-refractivity contribution is 6.35. The molecule has 0 saturated carbocycles. The first kappa shape index (κ1) is 17.4. The number of nitrogens with one attached hydrogen (secondary N) is 1. The quantitative estimate of drug-likeness (QED) is 0.726. The Balaban J connectivity index is 2.92. The second-order valence-electron chi connectivity index (χ2n) is 5.87. The summed E-state index contributed by atoms with van der Waals surface area (Å²) in [6, 6.07) is 3.59. The van der Waals surface area contributed by atoms with Gasteiger partial charge in [-0.3, -0.25) is 0 Å². The molecule has 0 bridgehead atoms. The second-order valence-corrected chi connectivity index (χ2v) is 6.72. The molecular formula is C16H23Cl2NO. The van der Waals surface area contributed by atoms with Crippen LogP contribution in [0.2, 0.25) is 10.0 Å². The summed E-state index contributed by atoms with van der Waals surface area (Å²) in [5, 5.41) is 4.56. The van der Waals surface area contributed by atoms with Crippen molar-refractivity contribution >= 4 is 23.2 Å². The van der Waals surface area contributed by atoms with Gasteiger partial charge in [0.15, 0.2) is 0 Å². The molecule has 0 aliphatic carbocycles. The minimum absolute atomic E-state index is 0.0130. The number of benzene rings is 1. The van der Waals surface area contributed by atoms with E-state index in [1.807, 2.05) is 6.07 Å². The molecule has 4 heteroatoms. The van der Waals surface area contributed by atoms with Gasteiger partial charge >= 0.3 is 0 Å². The topological polar surface area (TPSA) is 21.3 Å². The van der Waals surface area contributed by atoms with E-state index in [2.05, 4.69) is 39.6 Å². The summed E-state index contributed by atoms with van der Waals surface area (Å²) in [6.07, 6.45) is 0.890. The van der Waals surface area contributed by atoms with Crippen LogP contribution in [-0.2, 0) is 6.54 Å². The zero-order valence-electron chi connectivity index (χ0n) is 12.6. The van der Waals surface area contributed by atoms with Gasteiger partial charge in [0.1, 0.15) is 12.4 Å². The zero-order valence-corrected chi connectivity index (χ0v) is 14.2. The Labute approximate surface area is 132 Å². The first-order valence-electron chi connectivity index (χ1n) is 6.75. The van der Waals surface area contributed by atoms with Gasteiger partial charge in [-0.2, -0.15) is 0 Å². The lowest BCUT2D eigenvalue weighted by molar-refractivity contribution is 0.340. The summed E-state index contributed by atoms with van der Waals surface area (Å²) in [4.78, 5) is 0. The van der Waals surface area contributed by atoms with Crippen molar-refractivity contribution in [1.82, 2.24) is 5.32 Å².